The van der Waals surface area contributed by atoms with E-state index in [1.807, 2.05) is 0 Å². The molecular weight excluding hydrogens is 428 g/mol. The fourth-order valence-corrected chi connectivity index (χ4v) is 3.17. The second-order valence-electron chi connectivity index (χ2n) is 7.28. The molecule has 158 valence electrons. The van der Waals surface area contributed by atoms with Crippen molar-refractivity contribution in [2.24, 2.45) is 0 Å². The first-order chi connectivity index (χ1) is 12.9. The molecule has 0 aliphatic carbocycles. The number of aryl methyl sites for hydroxylation is 1. The van der Waals surface area contributed by atoms with Crippen LogP contribution in [0.2, 0.25) is 0 Å². The molecule has 0 aromatic heterocycles. The Morgan fingerprint density at radius 1 is 0.600 bits per heavy atom. The van der Waals surface area contributed by atoms with Crippen molar-refractivity contribution in [2.45, 2.75) is 103 Å². The van der Waals surface area contributed by atoms with E-state index in [-0.39, 0.29) is 88.7 Å². The molecule has 1 aromatic carbocycles. The Kier molecular flexibility index (Phi) is 38.7. The number of benzene rings is 1. The third kappa shape index (κ3) is 37.6. The van der Waals surface area contributed by atoms with Crippen molar-refractivity contribution in [3.63, 3.8) is 0 Å². The van der Waals surface area contributed by atoms with Gasteiger partial charge in [0.2, 0.25) is 0 Å². The van der Waals surface area contributed by atoms with Crippen LogP contribution in [0.1, 0.15) is 102 Å². The first-order valence-corrected chi connectivity index (χ1v) is 12.2. The Morgan fingerprint density at radius 2 is 0.900 bits per heavy atom. The third-order valence-electron chi connectivity index (χ3n) is 4.66. The molecule has 0 atom stereocenters. The van der Waals surface area contributed by atoms with Crippen LogP contribution < -0.4 is 103 Å². The first kappa shape index (κ1) is 39.5. The van der Waals surface area contributed by atoms with Crippen molar-refractivity contribution in [3.05, 3.63) is 35.9 Å². The Balaban J connectivity index is -0.000000378. The normalized spacial score (nSPS) is 10.0. The molecule has 0 N–H and O–H groups in total. The molecule has 30 heavy (non-hydrogen) atoms. The average Bonchev–Trinajstić information content (AvgIpc) is 2.61. The molecule has 4 nitrogen and oxygen atoms in total. The van der Waals surface area contributed by atoms with E-state index in [1.54, 1.807) is 0 Å². The van der Waals surface area contributed by atoms with Crippen molar-refractivity contribution in [1.82, 2.24) is 0 Å². The summed E-state index contributed by atoms with van der Waals surface area (Å²) in [5.41, 5.74) is 1.50. The zero-order valence-electron chi connectivity index (χ0n) is 20.1. The van der Waals surface area contributed by atoms with Crippen LogP contribution in [0, 0.1) is 0 Å². The minimum atomic E-state index is -5.39. The van der Waals surface area contributed by atoms with Gasteiger partial charge in [-0.1, -0.05) is 121 Å². The molecule has 0 saturated carbocycles. The summed E-state index contributed by atoms with van der Waals surface area (Å²) in [7, 11) is -5.39. The summed E-state index contributed by atoms with van der Waals surface area (Å²) in [6.45, 7) is 2.29. The monoisotopic (exact) mass is 466 g/mol. The van der Waals surface area contributed by atoms with Gasteiger partial charge in [0.25, 0.3) is 0 Å². The van der Waals surface area contributed by atoms with Crippen LogP contribution >= 0.6 is 7.82 Å². The predicted octanol–water partition coefficient (Wildman–Crippen LogP) is -4.10. The van der Waals surface area contributed by atoms with Gasteiger partial charge in [-0.2, -0.15) is 7.82 Å². The van der Waals surface area contributed by atoms with Crippen molar-refractivity contribution in [1.29, 1.82) is 0 Å². The summed E-state index contributed by atoms with van der Waals surface area (Å²) >= 11 is 0. The first-order valence-electron chi connectivity index (χ1n) is 10.7. The van der Waals surface area contributed by atoms with Gasteiger partial charge in [-0.3, -0.25) is 0 Å². The zero-order valence-corrected chi connectivity index (χ0v) is 27.0. The molecular formula is C22H38Na3O4P. The van der Waals surface area contributed by atoms with Crippen LogP contribution in [0.4, 0.5) is 0 Å². The van der Waals surface area contributed by atoms with Gasteiger partial charge in [0.05, 0.1) is 0 Å². The number of rotatable bonds is 15. The summed E-state index contributed by atoms with van der Waals surface area (Å²) in [5, 5.41) is 0. The van der Waals surface area contributed by atoms with Crippen LogP contribution in [0.15, 0.2) is 30.3 Å². The second kappa shape index (κ2) is 29.4. The Hall–Kier alpha value is 2.33. The van der Waals surface area contributed by atoms with Crippen LogP contribution in [0.5, 0.6) is 0 Å². The van der Waals surface area contributed by atoms with Gasteiger partial charge in [-0.25, -0.2) is 0 Å². The summed E-state index contributed by atoms with van der Waals surface area (Å²) in [4.78, 5) is 25.6. The van der Waals surface area contributed by atoms with E-state index in [4.69, 9.17) is 19.2 Å². The maximum atomic E-state index is 8.55. The molecule has 0 aliphatic heterocycles. The number of hydrogen-bond donors (Lipinski definition) is 0. The van der Waals surface area contributed by atoms with Crippen LogP contribution in [0.3, 0.4) is 0 Å². The van der Waals surface area contributed by atoms with E-state index < -0.39 is 7.82 Å². The van der Waals surface area contributed by atoms with Gasteiger partial charge in [-0.05, 0) is 18.4 Å². The van der Waals surface area contributed by atoms with Crippen LogP contribution in [0.25, 0.3) is 0 Å². The van der Waals surface area contributed by atoms with E-state index in [0.717, 1.165) is 0 Å². The topological polar surface area (TPSA) is 86.2 Å². The largest absolute Gasteiger partial charge is 1.00 e. The quantitative estimate of drug-likeness (QED) is 0.149. The number of unbranched alkanes of at least 4 members (excludes halogenated alkanes) is 13. The number of phosphoric acid groups is 1. The van der Waals surface area contributed by atoms with Gasteiger partial charge in [0.1, 0.15) is 0 Å². The molecule has 0 heterocycles. The molecule has 0 bridgehead atoms. The van der Waals surface area contributed by atoms with E-state index in [1.165, 1.54) is 102 Å². The van der Waals surface area contributed by atoms with Gasteiger partial charge in [0.15, 0.2) is 0 Å². The summed E-state index contributed by atoms with van der Waals surface area (Å²) in [6, 6.07) is 10.9. The third-order valence-corrected chi connectivity index (χ3v) is 4.66. The van der Waals surface area contributed by atoms with Gasteiger partial charge >= 0.3 is 88.7 Å². The molecule has 0 radical (unpaired) electrons. The summed E-state index contributed by atoms with van der Waals surface area (Å²) in [5.74, 6) is 0. The molecule has 0 aliphatic rings. The molecule has 0 unspecified atom stereocenters. The number of hydrogen-bond acceptors (Lipinski definition) is 4. The second-order valence-corrected chi connectivity index (χ2v) is 8.17. The van der Waals surface area contributed by atoms with E-state index in [2.05, 4.69) is 37.3 Å². The fourth-order valence-electron chi connectivity index (χ4n) is 3.17. The van der Waals surface area contributed by atoms with Crippen molar-refractivity contribution in [2.75, 3.05) is 0 Å². The minimum absolute atomic E-state index is 0. The molecule has 0 spiro atoms. The maximum absolute atomic E-state index is 8.55. The van der Waals surface area contributed by atoms with Crippen molar-refractivity contribution in [3.8, 4) is 0 Å². The van der Waals surface area contributed by atoms with Gasteiger partial charge in [0, 0.05) is 0 Å². The molecule has 0 saturated heterocycles. The van der Waals surface area contributed by atoms with Crippen molar-refractivity contribution < 1.29 is 108 Å². The van der Waals surface area contributed by atoms with Crippen molar-refractivity contribution >= 4 is 7.82 Å². The fraction of sp³-hybridized carbons (Fsp3) is 0.727. The minimum Gasteiger partial charge on any atom is -0.822 e. The molecule has 8 heteroatoms. The van der Waals surface area contributed by atoms with Gasteiger partial charge in [-0.15, -0.1) is 0 Å². The Morgan fingerprint density at radius 3 is 1.23 bits per heavy atom. The molecule has 0 fully saturated rings. The standard InChI is InChI=1S/C22H38.3Na.H3O4P/c1-2-3-4-5-6-7-8-9-10-11-12-13-14-16-19-22-20-17-15-18-21-22;;;;1-5(2,3)4/h15,17-18,20-21H,2-14,16,19H2,1H3;;;;(H3,1,2,3,4)/q;3*+1;/p-3. The molecule has 1 rings (SSSR count). The summed E-state index contributed by atoms with van der Waals surface area (Å²) < 4.78 is 8.55. The SMILES string of the molecule is CCCCCCCCCCCCCCCCc1ccccc1.O=P([O-])([O-])[O-].[Na+].[Na+].[Na+]. The maximum Gasteiger partial charge on any atom is 1.00 e. The average molecular weight is 466 g/mol. The smallest absolute Gasteiger partial charge is 0.822 e. The van der Waals surface area contributed by atoms with E-state index >= 15 is 0 Å². The van der Waals surface area contributed by atoms with Crippen LogP contribution in [-0.4, -0.2) is 0 Å². The summed E-state index contributed by atoms with van der Waals surface area (Å²) in [6.07, 6.45) is 21.5. The van der Waals surface area contributed by atoms with E-state index in [0.29, 0.717) is 0 Å². The van der Waals surface area contributed by atoms with Gasteiger partial charge < -0.3 is 19.2 Å². The predicted molar refractivity (Wildman–Crippen MR) is 108 cm³/mol. The van der Waals surface area contributed by atoms with E-state index in [9.17, 15) is 0 Å². The molecule has 1 aromatic rings. The molecule has 0 amide bonds. The Bertz CT molecular complexity index is 464. The van der Waals surface area contributed by atoms with Crippen LogP contribution in [-0.2, 0) is 11.0 Å². The zero-order chi connectivity index (χ0) is 20.2. The Labute approximate surface area is 251 Å².